The number of carbonyl (C=O) groups is 1. The molecule has 1 fully saturated rings. The van der Waals surface area contributed by atoms with Crippen LogP contribution in [0.15, 0.2) is 85.1 Å². The fourth-order valence-corrected chi connectivity index (χ4v) is 4.50. The van der Waals surface area contributed by atoms with Gasteiger partial charge in [0.1, 0.15) is 11.5 Å². The van der Waals surface area contributed by atoms with E-state index in [-0.39, 0.29) is 22.7 Å². The predicted octanol–water partition coefficient (Wildman–Crippen LogP) is 5.06. The molecule has 2 N–H and O–H groups in total. The molecule has 5 rings (SSSR count). The van der Waals surface area contributed by atoms with Crippen LogP contribution >= 0.6 is 0 Å². The summed E-state index contributed by atoms with van der Waals surface area (Å²) >= 11 is 0. The Morgan fingerprint density at radius 3 is 2.71 bits per heavy atom. The number of hydrogen-bond acceptors (Lipinski definition) is 6. The fraction of sp³-hybridized carbons (Fsp3) is 0.207. The molecule has 1 saturated heterocycles. The lowest BCUT2D eigenvalue weighted by atomic mass is 9.99. The van der Waals surface area contributed by atoms with E-state index in [0.29, 0.717) is 17.0 Å². The molecule has 182 valence electrons. The number of anilines is 1. The van der Waals surface area contributed by atoms with E-state index in [1.54, 1.807) is 12.3 Å². The molecule has 6 heteroatoms. The molecule has 2 aromatic carbocycles. The van der Waals surface area contributed by atoms with Gasteiger partial charge in [-0.25, -0.2) is 4.98 Å². The third-order valence-corrected chi connectivity index (χ3v) is 6.44. The standard InChI is InChI=1S/C29H28N4O2.3H2/c1-20-25(16-24(17-31-20)23-10-5-7-21(15-23)19-34)29(35)26-11-6-12-28(32-26)33-14-13-30-27(18-33)22-8-3-2-4-9-22;;;/h2-12,15-17,27,30,34H,13-14,18-19H2,1H3;3*1H. The minimum atomic E-state index is -0.147. The van der Waals surface area contributed by atoms with Gasteiger partial charge in [0.05, 0.1) is 6.61 Å². The average Bonchev–Trinajstić information content (AvgIpc) is 2.93. The fourth-order valence-electron chi connectivity index (χ4n) is 4.50. The molecule has 0 amide bonds. The Morgan fingerprint density at radius 1 is 1.06 bits per heavy atom. The van der Waals surface area contributed by atoms with E-state index in [1.165, 1.54) is 5.56 Å². The van der Waals surface area contributed by atoms with Crippen LogP contribution < -0.4 is 10.2 Å². The van der Waals surface area contributed by atoms with Gasteiger partial charge in [0.15, 0.2) is 0 Å². The van der Waals surface area contributed by atoms with Crippen LogP contribution in [-0.4, -0.2) is 40.5 Å². The molecule has 0 spiro atoms. The monoisotopic (exact) mass is 470 g/mol. The van der Waals surface area contributed by atoms with Gasteiger partial charge in [0.2, 0.25) is 5.78 Å². The van der Waals surface area contributed by atoms with Crippen LogP contribution in [0, 0.1) is 6.92 Å². The minimum absolute atomic E-state index is 0. The van der Waals surface area contributed by atoms with Crippen molar-refractivity contribution in [3.05, 3.63) is 113 Å². The Bertz CT molecular complexity index is 1350. The maximum absolute atomic E-state index is 13.5. The molecule has 0 aliphatic carbocycles. The van der Waals surface area contributed by atoms with Crippen molar-refractivity contribution in [3.63, 3.8) is 0 Å². The van der Waals surface area contributed by atoms with Crippen molar-refractivity contribution in [1.29, 1.82) is 0 Å². The van der Waals surface area contributed by atoms with Gasteiger partial charge in [0.25, 0.3) is 0 Å². The normalized spacial score (nSPS) is 15.7. The molecule has 1 atom stereocenters. The van der Waals surface area contributed by atoms with Crippen molar-refractivity contribution in [1.82, 2.24) is 15.3 Å². The average molecular weight is 471 g/mol. The molecule has 1 unspecified atom stereocenters. The maximum Gasteiger partial charge on any atom is 0.213 e. The number of nitrogens with zero attached hydrogens (tertiary/aromatic N) is 3. The third kappa shape index (κ3) is 4.99. The lowest BCUT2D eigenvalue weighted by molar-refractivity contribution is 0.103. The van der Waals surface area contributed by atoms with Gasteiger partial charge in [-0.05, 0) is 47.9 Å². The number of benzene rings is 2. The number of aliphatic hydroxyl groups is 1. The van der Waals surface area contributed by atoms with E-state index in [4.69, 9.17) is 4.98 Å². The number of nitrogens with one attached hydrogen (secondary N) is 1. The summed E-state index contributed by atoms with van der Waals surface area (Å²) < 4.78 is 0. The number of ketones is 1. The number of piperazine rings is 1. The first-order valence-electron chi connectivity index (χ1n) is 11.8. The Kier molecular flexibility index (Phi) is 6.66. The first kappa shape index (κ1) is 22.9. The summed E-state index contributed by atoms with van der Waals surface area (Å²) in [7, 11) is 0. The second-order valence-corrected chi connectivity index (χ2v) is 8.79. The Labute approximate surface area is 209 Å². The molecule has 1 aliphatic heterocycles. The summed E-state index contributed by atoms with van der Waals surface area (Å²) in [5, 5.41) is 13.0. The molecule has 6 nitrogen and oxygen atoms in total. The number of pyridine rings is 2. The summed E-state index contributed by atoms with van der Waals surface area (Å²) in [5.74, 6) is 0.655. The van der Waals surface area contributed by atoms with Crippen LogP contribution in [0.5, 0.6) is 0 Å². The largest absolute Gasteiger partial charge is 0.392 e. The number of carbonyl (C=O) groups excluding carboxylic acids is 1. The predicted molar refractivity (Wildman–Crippen MR) is 144 cm³/mol. The number of aliphatic hydroxyl groups excluding tert-OH is 1. The zero-order valence-corrected chi connectivity index (χ0v) is 19.7. The van der Waals surface area contributed by atoms with Crippen LogP contribution in [0.3, 0.4) is 0 Å². The van der Waals surface area contributed by atoms with E-state index in [1.807, 2.05) is 55.5 Å². The Morgan fingerprint density at radius 2 is 1.89 bits per heavy atom. The van der Waals surface area contributed by atoms with E-state index >= 15 is 0 Å². The Hall–Kier alpha value is -3.87. The lowest BCUT2D eigenvalue weighted by Crippen LogP contribution is -2.46. The number of aryl methyl sites for hydroxylation is 1. The van der Waals surface area contributed by atoms with Gasteiger partial charge in [-0.2, -0.15) is 0 Å². The highest BCUT2D eigenvalue weighted by Gasteiger charge is 2.23. The lowest BCUT2D eigenvalue weighted by Gasteiger charge is -2.35. The molecule has 1 aliphatic rings. The van der Waals surface area contributed by atoms with Crippen LogP contribution in [0.2, 0.25) is 0 Å². The topological polar surface area (TPSA) is 78.4 Å². The van der Waals surface area contributed by atoms with Crippen molar-refractivity contribution in [2.45, 2.75) is 19.6 Å². The van der Waals surface area contributed by atoms with Crippen molar-refractivity contribution < 1.29 is 14.2 Å². The molecule has 2 aromatic heterocycles. The van der Waals surface area contributed by atoms with Crippen LogP contribution in [0.1, 0.15) is 43.2 Å². The molecule has 0 bridgehead atoms. The zero-order chi connectivity index (χ0) is 24.2. The Balaban J connectivity index is 0.00000169. The highest BCUT2D eigenvalue weighted by atomic mass is 16.3. The minimum Gasteiger partial charge on any atom is -0.392 e. The smallest absolute Gasteiger partial charge is 0.213 e. The van der Waals surface area contributed by atoms with E-state index in [0.717, 1.165) is 42.1 Å². The maximum atomic E-state index is 13.5. The summed E-state index contributed by atoms with van der Waals surface area (Å²) in [6.07, 6.45) is 1.76. The zero-order valence-electron chi connectivity index (χ0n) is 19.7. The highest BCUT2D eigenvalue weighted by molar-refractivity contribution is 6.09. The number of rotatable bonds is 6. The summed E-state index contributed by atoms with van der Waals surface area (Å²) in [6, 6.07) is 25.7. The third-order valence-electron chi connectivity index (χ3n) is 6.44. The van der Waals surface area contributed by atoms with Crippen molar-refractivity contribution in [3.8, 4) is 11.1 Å². The first-order chi connectivity index (χ1) is 17.1. The highest BCUT2D eigenvalue weighted by Crippen LogP contribution is 2.25. The second kappa shape index (κ2) is 10.2. The molecule has 4 aromatic rings. The van der Waals surface area contributed by atoms with Crippen LogP contribution in [0.4, 0.5) is 5.82 Å². The SMILES string of the molecule is Cc1ncc(-c2cccc(CO)c2)cc1C(=O)c1cccc(N2CCNC(c3ccccc3)C2)n1.[HH].[HH].[HH]. The van der Waals surface area contributed by atoms with Gasteiger partial charge in [0, 0.05) is 53.0 Å². The summed E-state index contributed by atoms with van der Waals surface area (Å²) in [4.78, 5) is 25.0. The summed E-state index contributed by atoms with van der Waals surface area (Å²) in [5.41, 5.74) is 5.40. The van der Waals surface area contributed by atoms with E-state index in [2.05, 4.69) is 39.5 Å². The second-order valence-electron chi connectivity index (χ2n) is 8.79. The van der Waals surface area contributed by atoms with Gasteiger partial charge >= 0.3 is 0 Å². The van der Waals surface area contributed by atoms with E-state index in [9.17, 15) is 9.90 Å². The number of aromatic nitrogens is 2. The van der Waals surface area contributed by atoms with Crippen molar-refractivity contribution >= 4 is 11.6 Å². The number of hydrogen-bond donors (Lipinski definition) is 2. The quantitative estimate of drug-likeness (QED) is 0.383. The van der Waals surface area contributed by atoms with Gasteiger partial charge in [-0.15, -0.1) is 0 Å². The van der Waals surface area contributed by atoms with Crippen molar-refractivity contribution in [2.75, 3.05) is 24.5 Å². The molecular formula is C29H34N4O2. The van der Waals surface area contributed by atoms with Gasteiger partial charge in [-0.1, -0.05) is 54.6 Å². The van der Waals surface area contributed by atoms with Crippen LogP contribution in [0.25, 0.3) is 11.1 Å². The van der Waals surface area contributed by atoms with Crippen molar-refractivity contribution in [2.24, 2.45) is 0 Å². The molecule has 0 radical (unpaired) electrons. The molecule has 3 heterocycles. The first-order valence-corrected chi connectivity index (χ1v) is 11.8. The summed E-state index contributed by atoms with van der Waals surface area (Å²) in [6.45, 7) is 4.26. The van der Waals surface area contributed by atoms with Crippen LogP contribution in [-0.2, 0) is 6.61 Å². The van der Waals surface area contributed by atoms with Gasteiger partial charge < -0.3 is 15.3 Å². The van der Waals surface area contributed by atoms with Gasteiger partial charge in [-0.3, -0.25) is 9.78 Å². The van der Waals surface area contributed by atoms with E-state index < -0.39 is 0 Å². The molecule has 0 saturated carbocycles. The molecule has 35 heavy (non-hydrogen) atoms. The molecular weight excluding hydrogens is 436 g/mol.